The largest absolute Gasteiger partial charge is 0.469 e. The number of Topliss-reactive ketones (excluding diaryl/α,β-unsaturated/α-hetero) is 1. The highest BCUT2D eigenvalue weighted by molar-refractivity contribution is 5.74. The molecule has 0 saturated heterocycles. The Morgan fingerprint density at radius 2 is 1.04 bits per heavy atom. The van der Waals surface area contributed by atoms with Crippen LogP contribution in [0.3, 0.4) is 0 Å². The molecule has 0 rings (SSSR count). The first-order chi connectivity index (χ1) is 12.6. The highest BCUT2D eigenvalue weighted by atomic mass is 16.5. The molecule has 0 aliphatic heterocycles. The summed E-state index contributed by atoms with van der Waals surface area (Å²) in [5.41, 5.74) is 0. The number of aliphatic hydroxyl groups excluding tert-OH is 2. The van der Waals surface area contributed by atoms with Gasteiger partial charge in [0.05, 0.1) is 27.4 Å². The van der Waals surface area contributed by atoms with Gasteiger partial charge in [0.25, 0.3) is 0 Å². The molecule has 0 radical (unpaired) electrons. The van der Waals surface area contributed by atoms with E-state index in [4.69, 9.17) is 14.9 Å². The zero-order valence-corrected chi connectivity index (χ0v) is 18.7. The van der Waals surface area contributed by atoms with Crippen molar-refractivity contribution in [1.82, 2.24) is 0 Å². The van der Waals surface area contributed by atoms with Crippen LogP contribution in [0.15, 0.2) is 12.7 Å². The average molecular weight is 399 g/mol. The van der Waals surface area contributed by atoms with Crippen molar-refractivity contribution in [3.8, 4) is 0 Å². The number of ether oxygens (including phenoxy) is 3. The number of carbonyl (C=O) groups is 3. The molecule has 0 amide bonds. The second-order valence-corrected chi connectivity index (χ2v) is 4.08. The molecule has 0 aromatic heterocycles. The minimum absolute atomic E-state index is 0.125. The van der Waals surface area contributed by atoms with Crippen LogP contribution in [-0.2, 0) is 28.6 Å². The zero-order chi connectivity index (χ0) is 23.1. The molecule has 0 fully saturated rings. The van der Waals surface area contributed by atoms with Crippen molar-refractivity contribution in [1.29, 1.82) is 0 Å². The van der Waals surface area contributed by atoms with Gasteiger partial charge in [-0.3, -0.25) is 9.59 Å². The molecule has 0 heterocycles. The average Bonchev–Trinajstić information content (AvgIpc) is 2.64. The van der Waals surface area contributed by atoms with Crippen LogP contribution in [0.2, 0.25) is 0 Å². The Morgan fingerprint density at radius 3 is 1.04 bits per heavy atom. The lowest BCUT2D eigenvalue weighted by Crippen LogP contribution is -1.88. The van der Waals surface area contributed by atoms with Crippen LogP contribution >= 0.6 is 0 Å². The minimum atomic E-state index is -0.245. The number of ketones is 1. The van der Waals surface area contributed by atoms with Crippen LogP contribution in [0.25, 0.3) is 0 Å². The fourth-order valence-electron chi connectivity index (χ4n) is 0.204. The monoisotopic (exact) mass is 398 g/mol. The summed E-state index contributed by atoms with van der Waals surface area (Å²) in [5, 5.41) is 15.2. The summed E-state index contributed by atoms with van der Waals surface area (Å²) in [6.45, 7) is 16.8. The highest BCUT2D eigenvalue weighted by Gasteiger charge is 1.77. The van der Waals surface area contributed by atoms with E-state index in [1.54, 1.807) is 13.0 Å². The van der Waals surface area contributed by atoms with Gasteiger partial charge in [-0.2, -0.15) is 0 Å². The summed E-state index contributed by atoms with van der Waals surface area (Å²) in [7, 11) is 2.70. The number of methoxy groups -OCH3 is 2. The molecule has 0 aliphatic carbocycles. The molecule has 8 heteroatoms. The Hall–Kier alpha value is -1.77. The fraction of sp³-hybridized carbons (Fsp3) is 0.737. The van der Waals surface area contributed by atoms with Crippen molar-refractivity contribution >= 4 is 17.7 Å². The molecule has 0 aromatic rings. The van der Waals surface area contributed by atoms with E-state index in [-0.39, 0.29) is 30.9 Å². The van der Waals surface area contributed by atoms with Gasteiger partial charge in [-0.15, -0.1) is 6.58 Å². The molecule has 0 aliphatic rings. The molecule has 0 spiro atoms. The van der Waals surface area contributed by atoms with Gasteiger partial charge in [0.15, 0.2) is 0 Å². The molecule has 27 heavy (non-hydrogen) atoms. The van der Waals surface area contributed by atoms with E-state index >= 15 is 0 Å². The van der Waals surface area contributed by atoms with Gasteiger partial charge in [-0.1, -0.05) is 13.0 Å². The molecular formula is C19H42O8. The Bertz CT molecular complexity index is 254. The molecule has 2 N–H and O–H groups in total. The van der Waals surface area contributed by atoms with Gasteiger partial charge in [0.2, 0.25) is 0 Å². The third-order valence-electron chi connectivity index (χ3n) is 1.58. The maximum Gasteiger partial charge on any atom is 0.302 e. The van der Waals surface area contributed by atoms with E-state index < -0.39 is 0 Å². The Labute approximate surface area is 165 Å². The van der Waals surface area contributed by atoms with Gasteiger partial charge in [-0.25, -0.2) is 0 Å². The maximum absolute atomic E-state index is 9.81. The van der Waals surface area contributed by atoms with E-state index in [9.17, 15) is 14.4 Å². The number of carbonyl (C=O) groups excluding carboxylic acids is 3. The topological polar surface area (TPSA) is 119 Å². The van der Waals surface area contributed by atoms with Crippen LogP contribution in [0.4, 0.5) is 0 Å². The third kappa shape index (κ3) is 229. The first kappa shape index (κ1) is 40.1. The predicted octanol–water partition coefficient (Wildman–Crippen LogP) is 2.55. The smallest absolute Gasteiger partial charge is 0.302 e. The number of esters is 2. The first-order valence-corrected chi connectivity index (χ1v) is 8.51. The van der Waals surface area contributed by atoms with Crippen molar-refractivity contribution in [2.75, 3.05) is 40.6 Å². The van der Waals surface area contributed by atoms with E-state index in [0.717, 1.165) is 13.2 Å². The van der Waals surface area contributed by atoms with Crippen LogP contribution in [-0.4, -0.2) is 68.6 Å². The number of rotatable bonds is 4. The van der Waals surface area contributed by atoms with E-state index in [0.29, 0.717) is 6.42 Å². The third-order valence-corrected chi connectivity index (χ3v) is 1.58. The molecule has 8 nitrogen and oxygen atoms in total. The van der Waals surface area contributed by atoms with Gasteiger partial charge in [0, 0.05) is 33.5 Å². The normalized spacial score (nSPS) is 7.07. The molecule has 0 unspecified atom stereocenters. The van der Waals surface area contributed by atoms with E-state index in [2.05, 4.69) is 16.1 Å². The van der Waals surface area contributed by atoms with E-state index in [1.165, 1.54) is 28.1 Å². The summed E-state index contributed by atoms with van der Waals surface area (Å²) in [6.07, 6.45) is 2.42. The van der Waals surface area contributed by atoms with Gasteiger partial charge >= 0.3 is 11.9 Å². The van der Waals surface area contributed by atoms with Gasteiger partial charge in [-0.05, 0) is 27.7 Å². The molecule has 0 bridgehead atoms. The van der Waals surface area contributed by atoms with Crippen molar-refractivity contribution in [3.05, 3.63) is 12.7 Å². The predicted molar refractivity (Wildman–Crippen MR) is 109 cm³/mol. The number of hydrogen-bond acceptors (Lipinski definition) is 8. The molecule has 166 valence electrons. The van der Waals surface area contributed by atoms with Gasteiger partial charge in [0.1, 0.15) is 5.78 Å². The van der Waals surface area contributed by atoms with Crippen LogP contribution in [0.1, 0.15) is 54.9 Å². The zero-order valence-electron chi connectivity index (χ0n) is 18.7. The van der Waals surface area contributed by atoms with E-state index in [1.807, 2.05) is 27.7 Å². The maximum atomic E-state index is 9.81. The molecular weight excluding hydrogens is 356 g/mol. The lowest BCUT2D eigenvalue weighted by atomic mass is 10.4. The summed E-state index contributed by atoms with van der Waals surface area (Å²) in [6, 6.07) is 0. The Morgan fingerprint density at radius 1 is 0.852 bits per heavy atom. The number of allylic oxidation sites excluding steroid dienone is 1. The Kier molecular flexibility index (Phi) is 73.6. The van der Waals surface area contributed by atoms with Crippen LogP contribution < -0.4 is 0 Å². The van der Waals surface area contributed by atoms with Crippen LogP contribution in [0, 0.1) is 0 Å². The van der Waals surface area contributed by atoms with Crippen molar-refractivity contribution in [2.24, 2.45) is 0 Å². The van der Waals surface area contributed by atoms with Gasteiger partial charge < -0.3 is 29.2 Å². The second-order valence-electron chi connectivity index (χ2n) is 4.08. The quantitative estimate of drug-likeness (QED) is 0.548. The number of aliphatic hydroxyl groups is 2. The summed E-state index contributed by atoms with van der Waals surface area (Å²) in [5.74, 6) is -0.236. The van der Waals surface area contributed by atoms with Crippen molar-refractivity contribution in [3.63, 3.8) is 0 Å². The lowest BCUT2D eigenvalue weighted by Gasteiger charge is -1.86. The summed E-state index contributed by atoms with van der Waals surface area (Å²) >= 11 is 0. The first-order valence-electron chi connectivity index (χ1n) is 8.51. The highest BCUT2D eigenvalue weighted by Crippen LogP contribution is 1.71. The number of hydrogen-bond donors (Lipinski definition) is 2. The fourth-order valence-corrected chi connectivity index (χ4v) is 0.204. The minimum Gasteiger partial charge on any atom is -0.469 e. The molecule has 0 saturated carbocycles. The van der Waals surface area contributed by atoms with Crippen molar-refractivity contribution < 1.29 is 38.8 Å². The van der Waals surface area contributed by atoms with Crippen molar-refractivity contribution in [2.45, 2.75) is 54.9 Å². The molecule has 0 atom stereocenters. The standard InChI is InChI=1S/C4H10O.C4H8O.2C3H6O2.C3H6.C2H6O2/c1-3-5-4-2;1-3-4(2)5;2*1-3(4)5-2;1-3-2;3-1-2-4/h3-4H2,1-2H3;3H2,1-2H3;2*1-2H3;3H,1H2,2H3;3-4H,1-2H2. The summed E-state index contributed by atoms with van der Waals surface area (Å²) < 4.78 is 13.1. The summed E-state index contributed by atoms with van der Waals surface area (Å²) in [4.78, 5) is 29.0. The second kappa shape index (κ2) is 49.6. The lowest BCUT2D eigenvalue weighted by molar-refractivity contribution is -0.138. The Balaban J connectivity index is -0.0000000494. The SMILES string of the molecule is C=CC.CCC(C)=O.CCOCC.COC(C)=O.COC(C)=O.OCCO. The molecule has 0 aromatic carbocycles. The van der Waals surface area contributed by atoms with Crippen LogP contribution in [0.5, 0.6) is 0 Å².